The monoisotopic (exact) mass is 451 g/mol. The summed E-state index contributed by atoms with van der Waals surface area (Å²) in [4.78, 5) is 16.0. The van der Waals surface area contributed by atoms with Crippen LogP contribution in [0.3, 0.4) is 0 Å². The van der Waals surface area contributed by atoms with Crippen LogP contribution in [0.2, 0.25) is 10.2 Å². The smallest absolute Gasteiger partial charge is 0.158 e. The minimum Gasteiger partial charge on any atom is -0.384 e. The minimum atomic E-state index is 0.163. The minimum absolute atomic E-state index is 0.163. The van der Waals surface area contributed by atoms with Crippen LogP contribution in [-0.2, 0) is 0 Å². The van der Waals surface area contributed by atoms with Crippen molar-refractivity contribution in [2.75, 3.05) is 29.5 Å². The lowest BCUT2D eigenvalue weighted by molar-refractivity contribution is 0.226. The maximum atomic E-state index is 6.50. The molecule has 2 fully saturated rings. The van der Waals surface area contributed by atoms with Crippen molar-refractivity contribution in [2.45, 2.75) is 48.4 Å². The maximum Gasteiger partial charge on any atom is 0.158 e. The highest BCUT2D eigenvalue weighted by molar-refractivity contribution is 7.99. The standard InChI is InChI=1S/C18H22Cl2N6S.CHN/c19-14-11(9-12(21)24-15(14)20)27-17-16(22)25-13(10-23-17)26-7-5-18(6-8-26)3-1-2-4-18;1-2/h9-10H,1-8H2,(H2,21,24)(H2,22,25);1H. The molecule has 2 aliphatic rings. The number of pyridine rings is 1. The van der Waals surface area contributed by atoms with E-state index in [0.29, 0.717) is 32.0 Å². The van der Waals surface area contributed by atoms with Crippen LogP contribution in [-0.4, -0.2) is 28.0 Å². The molecule has 0 amide bonds. The lowest BCUT2D eigenvalue weighted by Crippen LogP contribution is -2.39. The Morgan fingerprint density at radius 1 is 1.07 bits per heavy atom. The van der Waals surface area contributed by atoms with Gasteiger partial charge in [-0.15, -0.1) is 0 Å². The summed E-state index contributed by atoms with van der Waals surface area (Å²) in [5, 5.41) is 7.57. The highest BCUT2D eigenvalue weighted by Gasteiger charge is 2.37. The van der Waals surface area contributed by atoms with Gasteiger partial charge in [0.15, 0.2) is 11.0 Å². The summed E-state index contributed by atoms with van der Waals surface area (Å²) in [5.74, 6) is 1.51. The Labute approximate surface area is 184 Å². The zero-order valence-electron chi connectivity index (χ0n) is 15.9. The second kappa shape index (κ2) is 9.24. The molecule has 1 aliphatic heterocycles. The molecule has 4 rings (SSSR count). The van der Waals surface area contributed by atoms with Crippen LogP contribution >= 0.6 is 35.0 Å². The third kappa shape index (κ3) is 4.80. The molecule has 2 aromatic rings. The van der Waals surface area contributed by atoms with E-state index < -0.39 is 0 Å². The molecule has 0 radical (unpaired) electrons. The summed E-state index contributed by atoms with van der Waals surface area (Å²) < 4.78 is 0. The van der Waals surface area contributed by atoms with E-state index in [0.717, 1.165) is 18.9 Å². The Morgan fingerprint density at radius 3 is 2.34 bits per heavy atom. The molecule has 4 N–H and O–H groups in total. The number of halogens is 2. The maximum absolute atomic E-state index is 6.50. The fraction of sp³-hybridized carbons (Fsp3) is 0.474. The number of anilines is 3. The predicted molar refractivity (Wildman–Crippen MR) is 118 cm³/mol. The van der Waals surface area contributed by atoms with Crippen LogP contribution < -0.4 is 16.4 Å². The first-order valence-corrected chi connectivity index (χ1v) is 11.0. The summed E-state index contributed by atoms with van der Waals surface area (Å²) in [6.07, 6.45) is 9.76. The molecule has 2 aromatic heterocycles. The van der Waals surface area contributed by atoms with E-state index in [2.05, 4.69) is 26.4 Å². The predicted octanol–water partition coefficient (Wildman–Crippen LogP) is 4.79. The van der Waals surface area contributed by atoms with Crippen molar-refractivity contribution in [3.05, 3.63) is 22.4 Å². The van der Waals surface area contributed by atoms with Gasteiger partial charge < -0.3 is 16.4 Å². The first-order chi connectivity index (χ1) is 14.0. The van der Waals surface area contributed by atoms with Gasteiger partial charge in [-0.3, -0.25) is 0 Å². The van der Waals surface area contributed by atoms with Gasteiger partial charge >= 0.3 is 0 Å². The number of rotatable bonds is 3. The Hall–Kier alpha value is -1.95. The summed E-state index contributed by atoms with van der Waals surface area (Å²) in [5.41, 5.74) is 12.5. The van der Waals surface area contributed by atoms with Crippen LogP contribution in [0.5, 0.6) is 0 Å². The molecule has 1 spiro atoms. The molecule has 0 bridgehead atoms. The van der Waals surface area contributed by atoms with Crippen molar-refractivity contribution in [1.29, 1.82) is 5.26 Å². The summed E-state index contributed by atoms with van der Waals surface area (Å²) in [6.45, 7) is 5.53. The lowest BCUT2D eigenvalue weighted by Gasteiger charge is -2.39. The highest BCUT2D eigenvalue weighted by atomic mass is 35.5. The number of hydrogen-bond donors (Lipinski definition) is 2. The van der Waals surface area contributed by atoms with E-state index in [1.54, 1.807) is 12.3 Å². The summed E-state index contributed by atoms with van der Waals surface area (Å²) in [6, 6.07) is 1.65. The Balaban J connectivity index is 0.00000117. The van der Waals surface area contributed by atoms with E-state index in [9.17, 15) is 0 Å². The zero-order chi connectivity index (χ0) is 21.0. The lowest BCUT2D eigenvalue weighted by atomic mass is 9.77. The van der Waals surface area contributed by atoms with Crippen LogP contribution in [0.25, 0.3) is 0 Å². The van der Waals surface area contributed by atoms with E-state index in [-0.39, 0.29) is 5.15 Å². The van der Waals surface area contributed by atoms with Crippen molar-refractivity contribution in [2.24, 2.45) is 5.41 Å². The summed E-state index contributed by atoms with van der Waals surface area (Å²) in [7, 11) is 0. The number of nitrogens with two attached hydrogens (primary N) is 2. The van der Waals surface area contributed by atoms with Crippen LogP contribution in [0.4, 0.5) is 17.5 Å². The van der Waals surface area contributed by atoms with Crippen LogP contribution in [0, 0.1) is 17.2 Å². The topological polar surface area (TPSA) is 118 Å². The molecule has 0 unspecified atom stereocenters. The third-order valence-corrected chi connectivity index (χ3v) is 7.59. The number of nitriles is 1. The zero-order valence-corrected chi connectivity index (χ0v) is 18.3. The average Bonchev–Trinajstić information content (AvgIpc) is 3.17. The molecule has 0 aromatic carbocycles. The second-order valence-corrected chi connectivity index (χ2v) is 9.13. The number of aromatic nitrogens is 3. The molecule has 7 nitrogen and oxygen atoms in total. The molecule has 1 saturated carbocycles. The van der Waals surface area contributed by atoms with Crippen molar-refractivity contribution in [3.63, 3.8) is 0 Å². The van der Waals surface area contributed by atoms with Crippen molar-refractivity contribution >= 4 is 52.4 Å². The Morgan fingerprint density at radius 2 is 1.72 bits per heavy atom. The van der Waals surface area contributed by atoms with Gasteiger partial charge in [-0.2, -0.15) is 0 Å². The fourth-order valence-corrected chi connectivity index (χ4v) is 5.42. The van der Waals surface area contributed by atoms with Crippen LogP contribution in [0.1, 0.15) is 38.5 Å². The van der Waals surface area contributed by atoms with Crippen LogP contribution in [0.15, 0.2) is 22.2 Å². The number of hydrogen-bond acceptors (Lipinski definition) is 8. The fourth-order valence-electron chi connectivity index (χ4n) is 4.12. The van der Waals surface area contributed by atoms with E-state index >= 15 is 0 Å². The number of nitrogens with zero attached hydrogens (tertiary/aromatic N) is 5. The summed E-state index contributed by atoms with van der Waals surface area (Å²) >= 11 is 13.5. The molecule has 3 heterocycles. The van der Waals surface area contributed by atoms with Crippen molar-refractivity contribution < 1.29 is 0 Å². The SMILES string of the molecule is C#N.Nc1cc(Sc2ncc(N3CCC4(CCCC4)CC3)nc2N)c(Cl)c(Cl)n1. The van der Waals surface area contributed by atoms with E-state index in [4.69, 9.17) is 39.9 Å². The first kappa shape index (κ1) is 21.8. The Bertz CT molecular complexity index is 890. The van der Waals surface area contributed by atoms with Gasteiger partial charge in [0, 0.05) is 24.6 Å². The molecule has 154 valence electrons. The molecule has 10 heteroatoms. The van der Waals surface area contributed by atoms with Gasteiger partial charge in [0.05, 0.1) is 11.2 Å². The second-order valence-electron chi connectivity index (χ2n) is 7.36. The van der Waals surface area contributed by atoms with Crippen molar-refractivity contribution in [3.8, 4) is 6.57 Å². The van der Waals surface area contributed by atoms with E-state index in [1.807, 2.05) is 0 Å². The van der Waals surface area contributed by atoms with Gasteiger partial charge in [-0.25, -0.2) is 20.2 Å². The van der Waals surface area contributed by atoms with Gasteiger partial charge in [-0.1, -0.05) is 47.8 Å². The number of nitrogen functional groups attached to an aromatic ring is 2. The normalized spacial score (nSPS) is 17.7. The quantitative estimate of drug-likeness (QED) is 0.638. The highest BCUT2D eigenvalue weighted by Crippen LogP contribution is 2.46. The van der Waals surface area contributed by atoms with Gasteiger partial charge in [0.1, 0.15) is 16.7 Å². The molecular formula is C19H23Cl2N7S. The molecule has 0 atom stereocenters. The van der Waals surface area contributed by atoms with Crippen molar-refractivity contribution in [1.82, 2.24) is 15.0 Å². The molecule has 1 aliphatic carbocycles. The Kier molecular flexibility index (Phi) is 6.93. The molecule has 1 saturated heterocycles. The first-order valence-electron chi connectivity index (χ1n) is 9.38. The molecule has 29 heavy (non-hydrogen) atoms. The van der Waals surface area contributed by atoms with E-state index in [1.165, 1.54) is 50.3 Å². The molecular weight excluding hydrogens is 429 g/mol. The third-order valence-electron chi connectivity index (χ3n) is 5.67. The van der Waals surface area contributed by atoms with Gasteiger partial charge in [0.2, 0.25) is 0 Å². The average molecular weight is 452 g/mol. The number of piperidine rings is 1. The largest absolute Gasteiger partial charge is 0.384 e. The van der Waals surface area contributed by atoms with Gasteiger partial charge in [0.25, 0.3) is 0 Å². The van der Waals surface area contributed by atoms with Gasteiger partial charge in [-0.05, 0) is 37.2 Å².